The summed E-state index contributed by atoms with van der Waals surface area (Å²) in [6.07, 6.45) is 2.83. The Morgan fingerprint density at radius 3 is 2.53 bits per heavy atom. The first-order chi connectivity index (χ1) is 7.22. The summed E-state index contributed by atoms with van der Waals surface area (Å²) in [4.78, 5) is 23.1. The van der Waals surface area contributed by atoms with Crippen molar-refractivity contribution >= 4 is 11.6 Å². The number of carbonyl (C=O) groups excluding carboxylic acids is 2. The quantitative estimate of drug-likeness (QED) is 0.649. The molecule has 1 aromatic heterocycles. The van der Waals surface area contributed by atoms with Crippen LogP contribution in [0, 0.1) is 11.3 Å². The van der Waals surface area contributed by atoms with Crippen LogP contribution in [0.5, 0.6) is 0 Å². The predicted octanol–water partition coefficient (Wildman–Crippen LogP) is 1.56. The number of rotatable bonds is 1. The monoisotopic (exact) mass is 203 g/mol. The molecule has 0 N–H and O–H groups in total. The van der Waals surface area contributed by atoms with Gasteiger partial charge in [-0.05, 0) is 12.5 Å². The standard InChI is InChI=1S/C11H9NO3/c12-5-8-4-7(6-15-8)11-9(13)2-1-3-10(11)14/h4,6,11H,1-3H2. The number of nitriles is 1. The molecule has 1 aliphatic carbocycles. The van der Waals surface area contributed by atoms with Gasteiger partial charge in [0.25, 0.3) is 0 Å². The van der Waals surface area contributed by atoms with Crippen molar-refractivity contribution in [2.24, 2.45) is 0 Å². The number of hydrogen-bond donors (Lipinski definition) is 0. The average Bonchev–Trinajstić information content (AvgIpc) is 2.66. The molecule has 0 bridgehead atoms. The molecule has 4 heteroatoms. The molecular weight excluding hydrogens is 194 g/mol. The highest BCUT2D eigenvalue weighted by Crippen LogP contribution is 2.28. The largest absolute Gasteiger partial charge is 0.454 e. The van der Waals surface area contributed by atoms with Gasteiger partial charge in [0.05, 0.1) is 6.26 Å². The van der Waals surface area contributed by atoms with E-state index in [2.05, 4.69) is 0 Å². The van der Waals surface area contributed by atoms with Gasteiger partial charge in [-0.25, -0.2) is 0 Å². The number of nitrogens with zero attached hydrogens (tertiary/aromatic N) is 1. The van der Waals surface area contributed by atoms with Crippen LogP contribution < -0.4 is 0 Å². The fourth-order valence-electron chi connectivity index (χ4n) is 1.84. The normalized spacial score (nSPS) is 17.8. The predicted molar refractivity (Wildman–Crippen MR) is 50.0 cm³/mol. The van der Waals surface area contributed by atoms with E-state index in [0.29, 0.717) is 24.8 Å². The fraction of sp³-hybridized carbons (Fsp3) is 0.364. The number of ketones is 2. The van der Waals surface area contributed by atoms with Crippen molar-refractivity contribution < 1.29 is 14.0 Å². The second-order valence-corrected chi connectivity index (χ2v) is 3.58. The average molecular weight is 203 g/mol. The Hall–Kier alpha value is -1.89. The van der Waals surface area contributed by atoms with Crippen molar-refractivity contribution in [1.29, 1.82) is 5.26 Å². The lowest BCUT2D eigenvalue weighted by Gasteiger charge is -2.17. The summed E-state index contributed by atoms with van der Waals surface area (Å²) in [7, 11) is 0. The molecule has 76 valence electrons. The van der Waals surface area contributed by atoms with Crippen LogP contribution in [0.4, 0.5) is 0 Å². The first-order valence-corrected chi connectivity index (χ1v) is 4.76. The molecule has 0 atom stereocenters. The minimum Gasteiger partial charge on any atom is -0.454 e. The third-order valence-electron chi connectivity index (χ3n) is 2.55. The van der Waals surface area contributed by atoms with Crippen molar-refractivity contribution in [3.8, 4) is 6.07 Å². The van der Waals surface area contributed by atoms with Gasteiger partial charge >= 0.3 is 0 Å². The molecule has 0 aromatic carbocycles. The fourth-order valence-corrected chi connectivity index (χ4v) is 1.84. The van der Waals surface area contributed by atoms with E-state index in [0.717, 1.165) is 0 Å². The van der Waals surface area contributed by atoms with Crippen LogP contribution in [-0.4, -0.2) is 11.6 Å². The van der Waals surface area contributed by atoms with Gasteiger partial charge in [-0.2, -0.15) is 5.26 Å². The highest BCUT2D eigenvalue weighted by atomic mass is 16.3. The van der Waals surface area contributed by atoms with E-state index in [9.17, 15) is 9.59 Å². The number of furan rings is 1. The summed E-state index contributed by atoms with van der Waals surface area (Å²) < 4.78 is 4.90. The highest BCUT2D eigenvalue weighted by Gasteiger charge is 2.32. The van der Waals surface area contributed by atoms with Crippen LogP contribution in [0.3, 0.4) is 0 Å². The molecule has 0 spiro atoms. The van der Waals surface area contributed by atoms with Crippen molar-refractivity contribution in [2.45, 2.75) is 25.2 Å². The third-order valence-corrected chi connectivity index (χ3v) is 2.55. The summed E-state index contributed by atoms with van der Waals surface area (Å²) in [6.45, 7) is 0. The van der Waals surface area contributed by atoms with Crippen molar-refractivity contribution in [2.75, 3.05) is 0 Å². The van der Waals surface area contributed by atoms with E-state index < -0.39 is 5.92 Å². The van der Waals surface area contributed by atoms with Crippen molar-refractivity contribution in [3.05, 3.63) is 23.7 Å². The van der Waals surface area contributed by atoms with E-state index in [1.54, 1.807) is 0 Å². The molecule has 0 unspecified atom stereocenters. The van der Waals surface area contributed by atoms with E-state index >= 15 is 0 Å². The Balaban J connectivity index is 2.32. The lowest BCUT2D eigenvalue weighted by atomic mass is 9.83. The van der Waals surface area contributed by atoms with Gasteiger partial charge in [-0.3, -0.25) is 9.59 Å². The van der Waals surface area contributed by atoms with Gasteiger partial charge in [0.15, 0.2) is 0 Å². The number of Topliss-reactive ketones (excluding diaryl/α,β-unsaturated/α-hetero) is 2. The van der Waals surface area contributed by atoms with E-state index in [1.165, 1.54) is 12.3 Å². The molecule has 1 aromatic rings. The summed E-state index contributed by atoms with van der Waals surface area (Å²) in [5.41, 5.74) is 0.515. The third kappa shape index (κ3) is 1.68. The zero-order chi connectivity index (χ0) is 10.8. The molecule has 15 heavy (non-hydrogen) atoms. The first-order valence-electron chi connectivity index (χ1n) is 4.76. The maximum atomic E-state index is 11.6. The molecule has 0 saturated heterocycles. The van der Waals surface area contributed by atoms with Crippen LogP contribution >= 0.6 is 0 Å². The molecule has 1 saturated carbocycles. The maximum absolute atomic E-state index is 11.6. The van der Waals surface area contributed by atoms with E-state index in [1.807, 2.05) is 6.07 Å². The van der Waals surface area contributed by atoms with Crippen LogP contribution in [-0.2, 0) is 9.59 Å². The molecule has 0 radical (unpaired) electrons. The topological polar surface area (TPSA) is 71.1 Å². The van der Waals surface area contributed by atoms with Crippen molar-refractivity contribution in [1.82, 2.24) is 0 Å². The SMILES string of the molecule is N#Cc1cc(C2C(=O)CCCC2=O)co1. The van der Waals surface area contributed by atoms with Gasteiger partial charge in [0, 0.05) is 18.4 Å². The van der Waals surface area contributed by atoms with Crippen LogP contribution in [0.15, 0.2) is 16.7 Å². The summed E-state index contributed by atoms with van der Waals surface area (Å²) in [5, 5.41) is 8.57. The first kappa shape index (κ1) is 9.66. The van der Waals surface area contributed by atoms with Crippen LogP contribution in [0.25, 0.3) is 0 Å². The molecule has 4 nitrogen and oxygen atoms in total. The summed E-state index contributed by atoms with van der Waals surface area (Å²) in [6, 6.07) is 3.29. The number of hydrogen-bond acceptors (Lipinski definition) is 4. The van der Waals surface area contributed by atoms with Crippen LogP contribution in [0.1, 0.15) is 36.5 Å². The molecule has 0 aliphatic heterocycles. The van der Waals surface area contributed by atoms with Gasteiger partial charge in [0.2, 0.25) is 5.76 Å². The minimum atomic E-state index is -0.704. The maximum Gasteiger partial charge on any atom is 0.203 e. The smallest absolute Gasteiger partial charge is 0.203 e. The molecule has 0 amide bonds. The Kier molecular flexibility index (Phi) is 2.38. The summed E-state index contributed by atoms with van der Waals surface area (Å²) in [5.74, 6) is -0.714. The van der Waals surface area contributed by atoms with Gasteiger partial charge in [-0.1, -0.05) is 0 Å². The molecule has 1 aliphatic rings. The molecule has 1 fully saturated rings. The second kappa shape index (κ2) is 3.70. The lowest BCUT2D eigenvalue weighted by Crippen LogP contribution is -2.25. The Labute approximate surface area is 86.5 Å². The van der Waals surface area contributed by atoms with Gasteiger partial charge in [0.1, 0.15) is 23.6 Å². The van der Waals surface area contributed by atoms with E-state index in [4.69, 9.17) is 9.68 Å². The van der Waals surface area contributed by atoms with Crippen molar-refractivity contribution in [3.63, 3.8) is 0 Å². The Morgan fingerprint density at radius 1 is 1.33 bits per heavy atom. The van der Waals surface area contributed by atoms with Crippen LogP contribution in [0.2, 0.25) is 0 Å². The highest BCUT2D eigenvalue weighted by molar-refractivity contribution is 6.09. The Bertz CT molecular complexity index is 437. The van der Waals surface area contributed by atoms with E-state index in [-0.39, 0.29) is 17.3 Å². The second-order valence-electron chi connectivity index (χ2n) is 3.58. The summed E-state index contributed by atoms with van der Waals surface area (Å²) >= 11 is 0. The van der Waals surface area contributed by atoms with Gasteiger partial charge < -0.3 is 4.42 Å². The number of carbonyl (C=O) groups is 2. The zero-order valence-electron chi connectivity index (χ0n) is 8.03. The molecular formula is C11H9NO3. The Morgan fingerprint density at radius 2 is 2.00 bits per heavy atom. The molecule has 1 heterocycles. The minimum absolute atomic E-state index is 0.0726. The lowest BCUT2D eigenvalue weighted by molar-refractivity contribution is -0.131. The zero-order valence-corrected chi connectivity index (χ0v) is 8.03. The van der Waals surface area contributed by atoms with Gasteiger partial charge in [-0.15, -0.1) is 0 Å². The molecule has 2 rings (SSSR count).